The fraction of sp³-hybridized carbons (Fsp3) is 0.400. The van der Waals surface area contributed by atoms with Crippen LogP contribution >= 0.6 is 12.4 Å². The van der Waals surface area contributed by atoms with Crippen molar-refractivity contribution >= 4 is 12.4 Å². The van der Waals surface area contributed by atoms with Crippen molar-refractivity contribution in [2.24, 2.45) is 5.73 Å². The first-order valence-electron chi connectivity index (χ1n) is 4.22. The fourth-order valence-corrected chi connectivity index (χ4v) is 1.12. The lowest BCUT2D eigenvalue weighted by atomic mass is 9.93. The first kappa shape index (κ1) is 14.3. The molecule has 1 aromatic rings. The molecule has 86 valence electrons. The van der Waals surface area contributed by atoms with Crippen LogP contribution < -0.4 is 5.73 Å². The third-order valence-corrected chi connectivity index (χ3v) is 2.06. The van der Waals surface area contributed by atoms with Crippen molar-refractivity contribution < 1.29 is 13.2 Å². The average molecular weight is 240 g/mol. The van der Waals surface area contributed by atoms with Gasteiger partial charge in [-0.25, -0.2) is 0 Å². The second-order valence-electron chi connectivity index (χ2n) is 3.58. The molecule has 0 spiro atoms. The molecule has 1 nitrogen and oxygen atoms in total. The number of rotatable bonds is 2. The molecule has 15 heavy (non-hydrogen) atoms. The van der Waals surface area contributed by atoms with Gasteiger partial charge in [-0.1, -0.05) is 30.3 Å². The lowest BCUT2D eigenvalue weighted by Crippen LogP contribution is -2.52. The molecule has 0 heterocycles. The van der Waals surface area contributed by atoms with Gasteiger partial charge in [0, 0.05) is 0 Å². The molecule has 0 saturated carbocycles. The van der Waals surface area contributed by atoms with Gasteiger partial charge in [-0.05, 0) is 18.9 Å². The molecule has 0 aliphatic rings. The summed E-state index contributed by atoms with van der Waals surface area (Å²) in [6, 6.07) is 8.42. The van der Waals surface area contributed by atoms with Crippen LogP contribution in [0, 0.1) is 0 Å². The van der Waals surface area contributed by atoms with Crippen molar-refractivity contribution in [2.45, 2.75) is 25.1 Å². The van der Waals surface area contributed by atoms with Gasteiger partial charge in [-0.2, -0.15) is 13.2 Å². The molecule has 0 fully saturated rings. The molecule has 0 saturated heterocycles. The maximum absolute atomic E-state index is 12.4. The van der Waals surface area contributed by atoms with Crippen molar-refractivity contribution in [3.8, 4) is 0 Å². The Labute approximate surface area is 92.9 Å². The van der Waals surface area contributed by atoms with Crippen molar-refractivity contribution in [2.75, 3.05) is 0 Å². The van der Waals surface area contributed by atoms with E-state index < -0.39 is 11.7 Å². The van der Waals surface area contributed by atoms with E-state index in [1.807, 2.05) is 0 Å². The van der Waals surface area contributed by atoms with E-state index in [1.165, 1.54) is 0 Å². The minimum atomic E-state index is -4.37. The molecule has 1 atom stereocenters. The van der Waals surface area contributed by atoms with Crippen LogP contribution in [0.15, 0.2) is 30.3 Å². The van der Waals surface area contributed by atoms with Crippen molar-refractivity contribution in [1.82, 2.24) is 0 Å². The molecule has 5 heteroatoms. The summed E-state index contributed by atoms with van der Waals surface area (Å²) in [4.78, 5) is 0. The largest absolute Gasteiger partial charge is 0.406 e. The minimum absolute atomic E-state index is 0. The summed E-state index contributed by atoms with van der Waals surface area (Å²) in [6.07, 6.45) is -4.57. The smallest absolute Gasteiger partial charge is 0.318 e. The van der Waals surface area contributed by atoms with E-state index >= 15 is 0 Å². The number of hydrogen-bond donors (Lipinski definition) is 1. The van der Waals surface area contributed by atoms with Crippen LogP contribution in [0.2, 0.25) is 0 Å². The highest BCUT2D eigenvalue weighted by atomic mass is 35.5. The Morgan fingerprint density at radius 2 is 1.60 bits per heavy atom. The third-order valence-electron chi connectivity index (χ3n) is 2.06. The molecule has 0 amide bonds. The average Bonchev–Trinajstić information content (AvgIpc) is 2.03. The Balaban J connectivity index is 0.00000196. The topological polar surface area (TPSA) is 26.0 Å². The second-order valence-corrected chi connectivity index (χ2v) is 3.58. The standard InChI is InChI=1S/C10H12F3N.ClH/c1-9(14,10(11,12)13)7-8-5-3-2-4-6-8;/h2-6H,7,14H2,1H3;1H. The van der Waals surface area contributed by atoms with E-state index in [0.717, 1.165) is 6.92 Å². The number of benzene rings is 1. The van der Waals surface area contributed by atoms with E-state index in [9.17, 15) is 13.2 Å². The van der Waals surface area contributed by atoms with Gasteiger partial charge >= 0.3 is 6.18 Å². The van der Waals surface area contributed by atoms with E-state index in [4.69, 9.17) is 5.73 Å². The normalized spacial score (nSPS) is 15.3. The molecule has 0 bridgehead atoms. The van der Waals surface area contributed by atoms with E-state index in [1.54, 1.807) is 30.3 Å². The highest BCUT2D eigenvalue weighted by Crippen LogP contribution is 2.30. The zero-order chi connectivity index (χ0) is 10.8. The Morgan fingerprint density at radius 3 is 2.00 bits per heavy atom. The van der Waals surface area contributed by atoms with Crippen LogP contribution in [0.5, 0.6) is 0 Å². The summed E-state index contributed by atoms with van der Waals surface area (Å²) >= 11 is 0. The van der Waals surface area contributed by atoms with Crippen LogP contribution in [0.1, 0.15) is 12.5 Å². The van der Waals surface area contributed by atoms with Gasteiger partial charge in [0.1, 0.15) is 5.54 Å². The second kappa shape index (κ2) is 4.86. The van der Waals surface area contributed by atoms with Crippen molar-refractivity contribution in [1.29, 1.82) is 0 Å². The summed E-state index contributed by atoms with van der Waals surface area (Å²) < 4.78 is 37.2. The summed E-state index contributed by atoms with van der Waals surface area (Å²) in [7, 11) is 0. The van der Waals surface area contributed by atoms with Crippen LogP contribution in [-0.4, -0.2) is 11.7 Å². The Hall–Kier alpha value is -0.740. The van der Waals surface area contributed by atoms with Gasteiger partial charge < -0.3 is 5.73 Å². The molecule has 1 unspecified atom stereocenters. The Kier molecular flexibility index (Phi) is 4.62. The zero-order valence-corrected chi connectivity index (χ0v) is 9.03. The summed E-state index contributed by atoms with van der Waals surface area (Å²) in [5, 5.41) is 0. The lowest BCUT2D eigenvalue weighted by Gasteiger charge is -2.27. The molecule has 0 aliphatic carbocycles. The maximum Gasteiger partial charge on any atom is 0.406 e. The molecular formula is C10H13ClF3N. The van der Waals surface area contributed by atoms with Gasteiger partial charge in [-0.15, -0.1) is 12.4 Å². The Morgan fingerprint density at radius 1 is 1.13 bits per heavy atom. The van der Waals surface area contributed by atoms with Crippen LogP contribution in [-0.2, 0) is 6.42 Å². The summed E-state index contributed by atoms with van der Waals surface area (Å²) in [5.41, 5.74) is 3.63. The van der Waals surface area contributed by atoms with Gasteiger partial charge in [0.15, 0.2) is 0 Å². The predicted molar refractivity (Wildman–Crippen MR) is 56.0 cm³/mol. The number of nitrogens with two attached hydrogens (primary N) is 1. The van der Waals surface area contributed by atoms with Gasteiger partial charge in [0.2, 0.25) is 0 Å². The van der Waals surface area contributed by atoms with Crippen LogP contribution in [0.3, 0.4) is 0 Å². The Bertz CT molecular complexity index is 295. The summed E-state index contributed by atoms with van der Waals surface area (Å²) in [5.74, 6) is 0. The van der Waals surface area contributed by atoms with Gasteiger partial charge in [-0.3, -0.25) is 0 Å². The van der Waals surface area contributed by atoms with E-state index in [0.29, 0.717) is 5.56 Å². The molecule has 1 rings (SSSR count). The quantitative estimate of drug-likeness (QED) is 0.844. The zero-order valence-electron chi connectivity index (χ0n) is 8.21. The molecule has 0 aromatic heterocycles. The molecule has 0 aliphatic heterocycles. The molecule has 1 aromatic carbocycles. The SMILES string of the molecule is CC(N)(Cc1ccccc1)C(F)(F)F.Cl. The van der Waals surface area contributed by atoms with Crippen molar-refractivity contribution in [3.63, 3.8) is 0 Å². The first-order chi connectivity index (χ1) is 6.33. The molecular weight excluding hydrogens is 227 g/mol. The molecule has 2 N–H and O–H groups in total. The van der Waals surface area contributed by atoms with E-state index in [-0.39, 0.29) is 18.8 Å². The minimum Gasteiger partial charge on any atom is -0.318 e. The first-order valence-corrected chi connectivity index (χ1v) is 4.22. The van der Waals surface area contributed by atoms with Gasteiger partial charge in [0.25, 0.3) is 0 Å². The number of alkyl halides is 3. The summed E-state index contributed by atoms with van der Waals surface area (Å²) in [6.45, 7) is 1.00. The highest BCUT2D eigenvalue weighted by Gasteiger charge is 2.47. The number of halogens is 4. The van der Waals surface area contributed by atoms with E-state index in [2.05, 4.69) is 0 Å². The highest BCUT2D eigenvalue weighted by molar-refractivity contribution is 5.85. The molecule has 0 radical (unpaired) electrons. The maximum atomic E-state index is 12.4. The third kappa shape index (κ3) is 3.72. The van der Waals surface area contributed by atoms with Gasteiger partial charge in [0.05, 0.1) is 0 Å². The van der Waals surface area contributed by atoms with Crippen LogP contribution in [0.25, 0.3) is 0 Å². The number of hydrogen-bond acceptors (Lipinski definition) is 1. The predicted octanol–water partition coefficient (Wildman–Crippen LogP) is 2.93. The fourth-order valence-electron chi connectivity index (χ4n) is 1.12. The van der Waals surface area contributed by atoms with Crippen molar-refractivity contribution in [3.05, 3.63) is 35.9 Å². The monoisotopic (exact) mass is 239 g/mol. The lowest BCUT2D eigenvalue weighted by molar-refractivity contribution is -0.180. The van der Waals surface area contributed by atoms with Crippen LogP contribution in [0.4, 0.5) is 13.2 Å².